The summed E-state index contributed by atoms with van der Waals surface area (Å²) in [4.78, 5) is 36.8. The first-order chi connectivity index (χ1) is 11.7. The molecule has 25 heavy (non-hydrogen) atoms. The molecule has 1 spiro atoms. The van der Waals surface area contributed by atoms with E-state index in [4.69, 9.17) is 0 Å². The van der Waals surface area contributed by atoms with Crippen molar-refractivity contribution < 1.29 is 18.8 Å². The van der Waals surface area contributed by atoms with Crippen LogP contribution in [0.1, 0.15) is 33.3 Å². The van der Waals surface area contributed by atoms with E-state index in [9.17, 15) is 18.8 Å². The normalized spacial score (nSPS) is 21.8. The van der Waals surface area contributed by atoms with E-state index in [0.29, 0.717) is 11.3 Å². The predicted octanol–water partition coefficient (Wildman–Crippen LogP) is 1.74. The molecule has 0 saturated carbocycles. The minimum absolute atomic E-state index is 0.122. The molecule has 7 nitrogen and oxygen atoms in total. The Morgan fingerprint density at radius 3 is 2.56 bits per heavy atom. The van der Waals surface area contributed by atoms with Gasteiger partial charge in [-0.2, -0.15) is 5.01 Å². The van der Waals surface area contributed by atoms with Crippen molar-refractivity contribution in [1.29, 1.82) is 0 Å². The number of hydrogen-bond acceptors (Lipinski definition) is 5. The average molecular weight is 364 g/mol. The Balaban J connectivity index is 2.21. The number of hydrogen-bond donors (Lipinski definition) is 1. The van der Waals surface area contributed by atoms with Gasteiger partial charge < -0.3 is 10.2 Å². The van der Waals surface area contributed by atoms with Crippen molar-refractivity contribution in [3.05, 3.63) is 29.6 Å². The lowest BCUT2D eigenvalue weighted by molar-refractivity contribution is -0.139. The molecule has 9 heteroatoms. The molecule has 3 amide bonds. The second kappa shape index (κ2) is 5.83. The van der Waals surface area contributed by atoms with Gasteiger partial charge in [-0.1, -0.05) is 0 Å². The number of amidine groups is 1. The van der Waals surface area contributed by atoms with E-state index in [-0.39, 0.29) is 17.1 Å². The van der Waals surface area contributed by atoms with Crippen molar-refractivity contribution in [3.8, 4) is 0 Å². The van der Waals surface area contributed by atoms with Crippen molar-refractivity contribution >= 4 is 40.3 Å². The first-order valence-corrected chi connectivity index (χ1v) is 8.50. The van der Waals surface area contributed by atoms with E-state index in [0.717, 1.165) is 16.8 Å². The lowest BCUT2D eigenvalue weighted by Gasteiger charge is -2.30. The smallest absolute Gasteiger partial charge is 0.271 e. The van der Waals surface area contributed by atoms with Gasteiger partial charge in [0.1, 0.15) is 5.82 Å². The average Bonchev–Trinajstić information content (AvgIpc) is 2.98. The predicted molar refractivity (Wildman–Crippen MR) is 92.1 cm³/mol. The molecule has 0 unspecified atom stereocenters. The van der Waals surface area contributed by atoms with Gasteiger partial charge in [0.15, 0.2) is 5.17 Å². The number of carbonyl (C=O) groups is 3. The third-order valence-corrected chi connectivity index (χ3v) is 5.16. The second-order valence-corrected chi connectivity index (χ2v) is 7.28. The van der Waals surface area contributed by atoms with Crippen LogP contribution in [0.2, 0.25) is 0 Å². The largest absolute Gasteiger partial charge is 0.306 e. The fraction of sp³-hybridized carbons (Fsp3) is 0.375. The van der Waals surface area contributed by atoms with Gasteiger partial charge in [0, 0.05) is 25.5 Å². The third kappa shape index (κ3) is 2.50. The summed E-state index contributed by atoms with van der Waals surface area (Å²) in [5, 5.41) is 7.74. The fourth-order valence-electron chi connectivity index (χ4n) is 3.05. The number of hydrazone groups is 1. The highest BCUT2D eigenvalue weighted by Crippen LogP contribution is 2.54. The maximum atomic E-state index is 13.9. The number of anilines is 1. The van der Waals surface area contributed by atoms with Crippen molar-refractivity contribution in [2.45, 2.75) is 38.6 Å². The number of nitrogens with one attached hydrogen (secondary N) is 1. The molecule has 1 aromatic carbocycles. The van der Waals surface area contributed by atoms with Gasteiger partial charge in [0.25, 0.3) is 5.91 Å². The Morgan fingerprint density at radius 2 is 2.00 bits per heavy atom. The second-order valence-electron chi connectivity index (χ2n) is 6.09. The van der Waals surface area contributed by atoms with Crippen molar-refractivity contribution in [2.24, 2.45) is 5.10 Å². The number of thioether (sulfide) groups is 1. The highest BCUT2D eigenvalue weighted by Gasteiger charge is 2.61. The van der Waals surface area contributed by atoms with E-state index >= 15 is 0 Å². The molecular weight excluding hydrogens is 347 g/mol. The van der Waals surface area contributed by atoms with E-state index < -0.39 is 22.5 Å². The molecule has 0 saturated heterocycles. The number of nitrogens with zero attached hydrogens (tertiary/aromatic N) is 3. The van der Waals surface area contributed by atoms with E-state index in [2.05, 4.69) is 10.4 Å². The zero-order valence-electron chi connectivity index (χ0n) is 14.2. The molecule has 2 aliphatic rings. The minimum Gasteiger partial charge on any atom is -0.306 e. The van der Waals surface area contributed by atoms with Crippen LogP contribution in [0.3, 0.4) is 0 Å². The Bertz CT molecular complexity index is 826. The number of carbonyl (C=O) groups excluding carboxylic acids is 3. The summed E-state index contributed by atoms with van der Waals surface area (Å²) in [6.07, 6.45) is 0. The Morgan fingerprint density at radius 1 is 1.32 bits per heavy atom. The molecule has 2 heterocycles. The summed E-state index contributed by atoms with van der Waals surface area (Å²) in [5.74, 6) is -1.78. The van der Waals surface area contributed by atoms with Crippen molar-refractivity contribution in [1.82, 2.24) is 10.3 Å². The topological polar surface area (TPSA) is 82.1 Å². The lowest BCUT2D eigenvalue weighted by Crippen LogP contribution is -2.50. The van der Waals surface area contributed by atoms with Gasteiger partial charge in [0.2, 0.25) is 16.7 Å². The van der Waals surface area contributed by atoms with Crippen LogP contribution in [0.5, 0.6) is 0 Å². The van der Waals surface area contributed by atoms with Crippen molar-refractivity contribution in [3.63, 3.8) is 0 Å². The van der Waals surface area contributed by atoms with Gasteiger partial charge in [-0.3, -0.25) is 14.4 Å². The number of amides is 3. The maximum absolute atomic E-state index is 13.9. The molecular formula is C16H17FN4O3S. The summed E-state index contributed by atoms with van der Waals surface area (Å²) in [7, 11) is 0. The maximum Gasteiger partial charge on any atom is 0.271 e. The standard InChI is InChI=1S/C16H17FN4O3S/c1-8(2)20-13-6-5-11(17)7-12(13)16(14(20)24)21(10(4)23)19-15(25-16)18-9(3)22/h5-8H,1-4H3,(H,18,19,22)/t16-/m1/s1. The van der Waals surface area contributed by atoms with Gasteiger partial charge in [0.05, 0.1) is 5.69 Å². The summed E-state index contributed by atoms with van der Waals surface area (Å²) >= 11 is 0.931. The van der Waals surface area contributed by atoms with Crippen LogP contribution in [-0.2, 0) is 19.3 Å². The molecule has 1 aromatic rings. The highest BCUT2D eigenvalue weighted by molar-refractivity contribution is 8.15. The monoisotopic (exact) mass is 364 g/mol. The summed E-state index contributed by atoms with van der Waals surface area (Å²) in [5.41, 5.74) is 0.870. The Kier molecular flexibility index (Phi) is 4.06. The van der Waals surface area contributed by atoms with Crippen LogP contribution >= 0.6 is 11.8 Å². The molecule has 0 aromatic heterocycles. The summed E-state index contributed by atoms with van der Waals surface area (Å²) in [6, 6.07) is 3.83. The first-order valence-electron chi connectivity index (χ1n) is 7.68. The summed E-state index contributed by atoms with van der Waals surface area (Å²) in [6.45, 7) is 6.23. The number of rotatable bonds is 1. The Labute approximate surface area is 148 Å². The zero-order chi connectivity index (χ0) is 18.5. The van der Waals surface area contributed by atoms with E-state index in [1.807, 2.05) is 13.8 Å². The van der Waals surface area contributed by atoms with Gasteiger partial charge in [-0.05, 0) is 43.8 Å². The zero-order valence-corrected chi connectivity index (χ0v) is 15.0. The van der Waals surface area contributed by atoms with E-state index in [1.54, 1.807) is 0 Å². The van der Waals surface area contributed by atoms with Crippen LogP contribution in [0.4, 0.5) is 10.1 Å². The summed E-state index contributed by atoms with van der Waals surface area (Å²) < 4.78 is 13.9. The Hall–Kier alpha value is -2.42. The minimum atomic E-state index is -1.55. The quantitative estimate of drug-likeness (QED) is 0.823. The molecule has 0 aliphatic carbocycles. The van der Waals surface area contributed by atoms with Crippen molar-refractivity contribution in [2.75, 3.05) is 4.90 Å². The molecule has 0 bridgehead atoms. The van der Waals surface area contributed by atoms with Crippen LogP contribution in [0.25, 0.3) is 0 Å². The molecule has 1 atom stereocenters. The van der Waals surface area contributed by atoms with Gasteiger partial charge in [-0.15, -0.1) is 5.10 Å². The highest BCUT2D eigenvalue weighted by atomic mass is 32.2. The molecule has 3 rings (SSSR count). The van der Waals surface area contributed by atoms with E-state index in [1.165, 1.54) is 36.9 Å². The SMILES string of the molecule is CC(=O)NC1=NN(C(C)=O)[C@]2(S1)C(=O)N(C(C)C)c1ccc(F)cc12. The molecule has 2 aliphatic heterocycles. The third-order valence-electron chi connectivity index (χ3n) is 3.92. The van der Waals surface area contributed by atoms with Crippen LogP contribution in [0, 0.1) is 5.82 Å². The van der Waals surface area contributed by atoms with Crippen LogP contribution < -0.4 is 10.2 Å². The number of fused-ring (bicyclic) bond motifs is 2. The molecule has 1 N–H and O–H groups in total. The van der Waals surface area contributed by atoms with Gasteiger partial charge >= 0.3 is 0 Å². The fourth-order valence-corrected chi connectivity index (χ4v) is 4.36. The van der Waals surface area contributed by atoms with Gasteiger partial charge in [-0.25, -0.2) is 4.39 Å². The van der Waals surface area contributed by atoms with Crippen LogP contribution in [0.15, 0.2) is 23.3 Å². The molecule has 0 radical (unpaired) electrons. The lowest BCUT2D eigenvalue weighted by atomic mass is 10.1. The first kappa shape index (κ1) is 17.4. The number of halogens is 1. The molecule has 132 valence electrons. The molecule has 0 fully saturated rings. The number of benzene rings is 1. The van der Waals surface area contributed by atoms with Crippen LogP contribution in [-0.4, -0.2) is 33.9 Å².